The monoisotopic (exact) mass is 284 g/mol. The number of aliphatic carboxylic acids is 1. The highest BCUT2D eigenvalue weighted by Crippen LogP contribution is 2.38. The van der Waals surface area contributed by atoms with Gasteiger partial charge in [0.25, 0.3) is 0 Å². The highest BCUT2D eigenvalue weighted by Gasteiger charge is 2.47. The predicted octanol–water partition coefficient (Wildman–Crippen LogP) is 1.90. The van der Waals surface area contributed by atoms with Crippen LogP contribution in [-0.2, 0) is 9.59 Å². The van der Waals surface area contributed by atoms with Gasteiger partial charge in [0.05, 0.1) is 10.8 Å². The van der Waals surface area contributed by atoms with Crippen molar-refractivity contribution in [3.8, 4) is 0 Å². The molecule has 0 aliphatic heterocycles. The van der Waals surface area contributed by atoms with Gasteiger partial charge in [-0.1, -0.05) is 19.3 Å². The average Bonchev–Trinajstić information content (AvgIpc) is 2.38. The summed E-state index contributed by atoms with van der Waals surface area (Å²) in [7, 11) is 0. The molecule has 0 bridgehead atoms. The summed E-state index contributed by atoms with van der Waals surface area (Å²) in [5, 5.41) is 12.3. The van der Waals surface area contributed by atoms with Crippen molar-refractivity contribution < 1.29 is 14.7 Å². The molecule has 1 aliphatic rings. The molecule has 0 spiro atoms. The number of carbonyl (C=O) groups excluding carboxylic acids is 1. The minimum Gasteiger partial charge on any atom is -0.481 e. The van der Waals surface area contributed by atoms with Crippen LogP contribution in [0, 0.1) is 10.8 Å². The molecule has 0 unspecified atom stereocenters. The number of hydrogen-bond acceptors (Lipinski definition) is 3. The third-order valence-corrected chi connectivity index (χ3v) is 5.21. The van der Waals surface area contributed by atoms with Gasteiger partial charge in [-0.2, -0.15) is 0 Å². The fraction of sp³-hybridized carbons (Fsp3) is 0.867. The maximum Gasteiger partial charge on any atom is 0.311 e. The maximum absolute atomic E-state index is 12.7. The van der Waals surface area contributed by atoms with E-state index in [2.05, 4.69) is 5.32 Å². The van der Waals surface area contributed by atoms with Gasteiger partial charge in [0.2, 0.25) is 5.91 Å². The van der Waals surface area contributed by atoms with Gasteiger partial charge in [-0.25, -0.2) is 0 Å². The number of amides is 1. The summed E-state index contributed by atoms with van der Waals surface area (Å²) in [6.07, 6.45) is 4.73. The van der Waals surface area contributed by atoms with Crippen molar-refractivity contribution in [1.29, 1.82) is 0 Å². The van der Waals surface area contributed by atoms with E-state index in [-0.39, 0.29) is 5.91 Å². The first-order chi connectivity index (χ1) is 9.09. The molecule has 0 saturated heterocycles. The number of carboxylic acid groups (broad SMARTS) is 1. The molecule has 1 amide bonds. The number of carboxylic acids is 1. The highest BCUT2D eigenvalue weighted by molar-refractivity contribution is 5.85. The lowest BCUT2D eigenvalue weighted by Crippen LogP contribution is -2.61. The Morgan fingerprint density at radius 1 is 1.15 bits per heavy atom. The second kappa shape index (κ2) is 5.72. The van der Waals surface area contributed by atoms with Crippen LogP contribution in [0.5, 0.6) is 0 Å². The van der Waals surface area contributed by atoms with Crippen molar-refractivity contribution in [1.82, 2.24) is 5.32 Å². The van der Waals surface area contributed by atoms with E-state index in [0.717, 1.165) is 32.1 Å². The van der Waals surface area contributed by atoms with Gasteiger partial charge in [0.15, 0.2) is 0 Å². The lowest BCUT2D eigenvalue weighted by Gasteiger charge is -2.43. The average molecular weight is 284 g/mol. The molecule has 0 atom stereocenters. The lowest BCUT2D eigenvalue weighted by atomic mass is 9.70. The van der Waals surface area contributed by atoms with E-state index in [0.29, 0.717) is 6.54 Å². The maximum atomic E-state index is 12.7. The Morgan fingerprint density at radius 3 is 2.05 bits per heavy atom. The number of hydrogen-bond donors (Lipinski definition) is 3. The van der Waals surface area contributed by atoms with E-state index >= 15 is 0 Å². The minimum atomic E-state index is -1.05. The summed E-state index contributed by atoms with van der Waals surface area (Å²) in [4.78, 5) is 24.1. The Morgan fingerprint density at radius 2 is 1.65 bits per heavy atom. The third kappa shape index (κ3) is 2.97. The van der Waals surface area contributed by atoms with E-state index in [9.17, 15) is 14.7 Å². The molecular weight excluding hydrogens is 256 g/mol. The number of nitrogens with two attached hydrogens (primary N) is 1. The van der Waals surface area contributed by atoms with Gasteiger partial charge < -0.3 is 16.2 Å². The molecule has 0 heterocycles. The summed E-state index contributed by atoms with van der Waals surface area (Å²) in [5.74, 6) is -1.02. The number of rotatable bonds is 5. The van der Waals surface area contributed by atoms with Crippen molar-refractivity contribution in [3.05, 3.63) is 0 Å². The Bertz CT molecular complexity index is 383. The Hall–Kier alpha value is -1.10. The normalized spacial score (nSPS) is 19.4. The first-order valence-electron chi connectivity index (χ1n) is 7.35. The molecule has 4 N–H and O–H groups in total. The molecule has 0 aromatic carbocycles. The van der Waals surface area contributed by atoms with Crippen molar-refractivity contribution in [2.24, 2.45) is 16.6 Å². The topological polar surface area (TPSA) is 92.4 Å². The van der Waals surface area contributed by atoms with Crippen LogP contribution in [0.3, 0.4) is 0 Å². The Balaban J connectivity index is 2.90. The summed E-state index contributed by atoms with van der Waals surface area (Å²) >= 11 is 0. The third-order valence-electron chi connectivity index (χ3n) is 5.21. The van der Waals surface area contributed by atoms with Crippen molar-refractivity contribution in [2.45, 2.75) is 65.3 Å². The molecule has 1 saturated carbocycles. The van der Waals surface area contributed by atoms with Gasteiger partial charge in [-0.05, 0) is 40.5 Å². The molecule has 116 valence electrons. The molecular formula is C15H28N2O3. The fourth-order valence-corrected chi connectivity index (χ4v) is 2.59. The number of carbonyl (C=O) groups is 2. The summed E-state index contributed by atoms with van der Waals surface area (Å²) in [6, 6.07) is 0. The van der Waals surface area contributed by atoms with E-state index in [1.807, 2.05) is 0 Å². The Labute approximate surface area is 121 Å². The predicted molar refractivity (Wildman–Crippen MR) is 78.2 cm³/mol. The molecule has 5 nitrogen and oxygen atoms in total. The first kappa shape index (κ1) is 17.0. The lowest BCUT2D eigenvalue weighted by molar-refractivity contribution is -0.152. The van der Waals surface area contributed by atoms with Crippen LogP contribution in [-0.4, -0.2) is 29.1 Å². The summed E-state index contributed by atoms with van der Waals surface area (Å²) < 4.78 is 0. The van der Waals surface area contributed by atoms with Crippen LogP contribution in [0.2, 0.25) is 0 Å². The van der Waals surface area contributed by atoms with Crippen LogP contribution in [0.25, 0.3) is 0 Å². The van der Waals surface area contributed by atoms with Crippen molar-refractivity contribution in [3.63, 3.8) is 0 Å². The SMILES string of the molecule is CC(C)(NC(=O)C1(CN)CCCCC1)C(C)(C)C(=O)O. The zero-order valence-electron chi connectivity index (χ0n) is 13.1. The molecule has 0 radical (unpaired) electrons. The minimum absolute atomic E-state index is 0.0981. The highest BCUT2D eigenvalue weighted by atomic mass is 16.4. The second-order valence-electron chi connectivity index (χ2n) is 7.05. The van der Waals surface area contributed by atoms with E-state index in [4.69, 9.17) is 5.73 Å². The van der Waals surface area contributed by atoms with E-state index < -0.39 is 22.3 Å². The molecule has 5 heteroatoms. The first-order valence-corrected chi connectivity index (χ1v) is 7.35. The van der Waals surface area contributed by atoms with E-state index in [1.54, 1.807) is 27.7 Å². The fourth-order valence-electron chi connectivity index (χ4n) is 2.59. The van der Waals surface area contributed by atoms with Gasteiger partial charge in [-0.3, -0.25) is 9.59 Å². The largest absolute Gasteiger partial charge is 0.481 e. The van der Waals surface area contributed by atoms with E-state index in [1.165, 1.54) is 0 Å². The van der Waals surface area contributed by atoms with Gasteiger partial charge in [-0.15, -0.1) is 0 Å². The Kier molecular flexibility index (Phi) is 4.85. The zero-order valence-corrected chi connectivity index (χ0v) is 13.1. The van der Waals surface area contributed by atoms with Gasteiger partial charge in [0.1, 0.15) is 0 Å². The van der Waals surface area contributed by atoms with Crippen LogP contribution >= 0.6 is 0 Å². The smallest absolute Gasteiger partial charge is 0.311 e. The zero-order chi connectivity index (χ0) is 15.6. The van der Waals surface area contributed by atoms with Crippen molar-refractivity contribution >= 4 is 11.9 Å². The van der Waals surface area contributed by atoms with Crippen LogP contribution < -0.4 is 11.1 Å². The molecule has 0 aromatic heterocycles. The molecule has 1 aliphatic carbocycles. The molecule has 20 heavy (non-hydrogen) atoms. The summed E-state index contributed by atoms with van der Waals surface area (Å²) in [6.45, 7) is 7.09. The number of nitrogens with one attached hydrogen (secondary N) is 1. The van der Waals surface area contributed by atoms with Crippen LogP contribution in [0.4, 0.5) is 0 Å². The van der Waals surface area contributed by atoms with Crippen LogP contribution in [0.15, 0.2) is 0 Å². The standard InChI is InChI=1S/C15H28N2O3/c1-13(2,12(19)20)14(3,4)17-11(18)15(10-16)8-6-5-7-9-15/h5-10,16H2,1-4H3,(H,17,18)(H,19,20). The molecule has 1 fully saturated rings. The van der Waals surface area contributed by atoms with Gasteiger partial charge in [0, 0.05) is 12.1 Å². The quantitative estimate of drug-likeness (QED) is 0.719. The molecule has 1 rings (SSSR count). The van der Waals surface area contributed by atoms with Gasteiger partial charge >= 0.3 is 5.97 Å². The van der Waals surface area contributed by atoms with Crippen LogP contribution in [0.1, 0.15) is 59.8 Å². The van der Waals surface area contributed by atoms with Crippen molar-refractivity contribution in [2.75, 3.05) is 6.54 Å². The summed E-state index contributed by atoms with van der Waals surface area (Å²) in [5.41, 5.74) is 3.44. The molecule has 0 aromatic rings. The second-order valence-corrected chi connectivity index (χ2v) is 7.05.